The predicted octanol–water partition coefficient (Wildman–Crippen LogP) is 3.82. The highest BCUT2D eigenvalue weighted by Gasteiger charge is 2.17. The van der Waals surface area contributed by atoms with Crippen LogP contribution < -0.4 is 5.32 Å². The van der Waals surface area contributed by atoms with Gasteiger partial charge in [-0.25, -0.2) is 9.07 Å². The van der Waals surface area contributed by atoms with E-state index in [9.17, 15) is 9.18 Å². The minimum absolute atomic E-state index is 0.198. The van der Waals surface area contributed by atoms with Crippen LogP contribution in [0.5, 0.6) is 0 Å². The fourth-order valence-electron chi connectivity index (χ4n) is 2.40. The summed E-state index contributed by atoms with van der Waals surface area (Å²) in [4.78, 5) is 12.5. The Balaban J connectivity index is 2.06. The standard InChI is InChI=1S/C19H18FN3O/c1-2-12-21-19(24)18-13-17(14-6-4-3-5-7-14)22-23(18)16-10-8-15(20)9-11-16/h3-11,13H,2,12H2,1H3,(H,21,24). The van der Waals surface area contributed by atoms with Crippen molar-refractivity contribution in [3.63, 3.8) is 0 Å². The van der Waals surface area contributed by atoms with Gasteiger partial charge in [-0.05, 0) is 36.8 Å². The summed E-state index contributed by atoms with van der Waals surface area (Å²) in [6, 6.07) is 17.3. The third-order valence-electron chi connectivity index (χ3n) is 3.62. The molecule has 0 aliphatic carbocycles. The first-order valence-electron chi connectivity index (χ1n) is 7.88. The van der Waals surface area contributed by atoms with Crippen molar-refractivity contribution in [3.8, 4) is 16.9 Å². The number of benzene rings is 2. The maximum Gasteiger partial charge on any atom is 0.270 e. The lowest BCUT2D eigenvalue weighted by Gasteiger charge is -2.07. The molecule has 3 aromatic rings. The van der Waals surface area contributed by atoms with Crippen LogP contribution in [0.1, 0.15) is 23.8 Å². The summed E-state index contributed by atoms with van der Waals surface area (Å²) in [6.45, 7) is 2.58. The maximum atomic E-state index is 13.2. The fourth-order valence-corrected chi connectivity index (χ4v) is 2.40. The minimum Gasteiger partial charge on any atom is -0.351 e. The average Bonchev–Trinajstić information content (AvgIpc) is 3.06. The molecule has 1 heterocycles. The Hall–Kier alpha value is -2.95. The molecule has 1 amide bonds. The van der Waals surface area contributed by atoms with Gasteiger partial charge in [0, 0.05) is 12.1 Å². The second-order valence-electron chi connectivity index (χ2n) is 5.42. The lowest BCUT2D eigenvalue weighted by Crippen LogP contribution is -2.26. The van der Waals surface area contributed by atoms with E-state index in [1.807, 2.05) is 37.3 Å². The number of nitrogens with zero attached hydrogens (tertiary/aromatic N) is 2. The van der Waals surface area contributed by atoms with Gasteiger partial charge in [-0.15, -0.1) is 0 Å². The summed E-state index contributed by atoms with van der Waals surface area (Å²) < 4.78 is 14.7. The lowest BCUT2D eigenvalue weighted by molar-refractivity contribution is 0.0946. The number of hydrogen-bond acceptors (Lipinski definition) is 2. The molecule has 0 bridgehead atoms. The quantitative estimate of drug-likeness (QED) is 0.776. The van der Waals surface area contributed by atoms with Gasteiger partial charge >= 0.3 is 0 Å². The highest BCUT2D eigenvalue weighted by molar-refractivity contribution is 5.94. The van der Waals surface area contributed by atoms with Crippen LogP contribution in [-0.4, -0.2) is 22.2 Å². The van der Waals surface area contributed by atoms with Crippen molar-refractivity contribution >= 4 is 5.91 Å². The Morgan fingerprint density at radius 1 is 1.12 bits per heavy atom. The number of halogens is 1. The van der Waals surface area contributed by atoms with Crippen LogP contribution in [0.25, 0.3) is 16.9 Å². The molecule has 0 saturated carbocycles. The third-order valence-corrected chi connectivity index (χ3v) is 3.62. The highest BCUT2D eigenvalue weighted by Crippen LogP contribution is 2.21. The van der Waals surface area contributed by atoms with E-state index in [1.165, 1.54) is 12.1 Å². The Morgan fingerprint density at radius 3 is 2.50 bits per heavy atom. The van der Waals surface area contributed by atoms with E-state index >= 15 is 0 Å². The van der Waals surface area contributed by atoms with Gasteiger partial charge in [0.25, 0.3) is 5.91 Å². The number of carbonyl (C=O) groups excluding carboxylic acids is 1. The van der Waals surface area contributed by atoms with Crippen LogP contribution in [0.4, 0.5) is 4.39 Å². The molecule has 0 saturated heterocycles. The Morgan fingerprint density at radius 2 is 1.83 bits per heavy atom. The van der Waals surface area contributed by atoms with Crippen molar-refractivity contribution in [1.82, 2.24) is 15.1 Å². The molecule has 0 unspecified atom stereocenters. The maximum absolute atomic E-state index is 13.2. The molecule has 2 aromatic carbocycles. The van der Waals surface area contributed by atoms with Gasteiger partial charge in [0.15, 0.2) is 0 Å². The molecular weight excluding hydrogens is 305 g/mol. The third kappa shape index (κ3) is 3.35. The SMILES string of the molecule is CCCNC(=O)c1cc(-c2ccccc2)nn1-c1ccc(F)cc1. The van der Waals surface area contributed by atoms with Crippen LogP contribution in [0.2, 0.25) is 0 Å². The molecule has 0 aliphatic heterocycles. The minimum atomic E-state index is -0.328. The topological polar surface area (TPSA) is 46.9 Å². The molecule has 122 valence electrons. The van der Waals surface area contributed by atoms with E-state index in [2.05, 4.69) is 10.4 Å². The largest absolute Gasteiger partial charge is 0.351 e. The van der Waals surface area contributed by atoms with Gasteiger partial charge in [-0.1, -0.05) is 37.3 Å². The molecule has 0 spiro atoms. The monoisotopic (exact) mass is 323 g/mol. The van der Waals surface area contributed by atoms with Crippen LogP contribution in [-0.2, 0) is 0 Å². The number of hydrogen-bond donors (Lipinski definition) is 1. The Labute approximate surface area is 139 Å². The van der Waals surface area contributed by atoms with Gasteiger partial charge in [0.05, 0.1) is 11.4 Å². The fraction of sp³-hybridized carbons (Fsp3) is 0.158. The number of nitrogens with one attached hydrogen (secondary N) is 1. The van der Waals surface area contributed by atoms with E-state index in [4.69, 9.17) is 0 Å². The molecule has 0 fully saturated rings. The van der Waals surface area contributed by atoms with E-state index in [1.54, 1.807) is 22.9 Å². The van der Waals surface area contributed by atoms with Gasteiger partial charge < -0.3 is 5.32 Å². The van der Waals surface area contributed by atoms with E-state index in [0.717, 1.165) is 12.0 Å². The second-order valence-corrected chi connectivity index (χ2v) is 5.42. The summed E-state index contributed by atoms with van der Waals surface area (Å²) in [5.41, 5.74) is 2.68. The number of aromatic nitrogens is 2. The first kappa shape index (κ1) is 15.9. The normalized spacial score (nSPS) is 10.6. The second kappa shape index (κ2) is 7.08. The molecule has 1 N–H and O–H groups in total. The molecule has 1 aromatic heterocycles. The summed E-state index contributed by atoms with van der Waals surface area (Å²) >= 11 is 0. The molecule has 4 nitrogen and oxygen atoms in total. The van der Waals surface area contributed by atoms with Gasteiger partial charge in [0.1, 0.15) is 11.5 Å². The summed E-state index contributed by atoms with van der Waals surface area (Å²) in [7, 11) is 0. The Bertz CT molecular complexity index is 826. The van der Waals surface area contributed by atoms with Crippen molar-refractivity contribution in [2.24, 2.45) is 0 Å². The van der Waals surface area contributed by atoms with Crippen LogP contribution in [0.3, 0.4) is 0 Å². The molecule has 0 aliphatic rings. The van der Waals surface area contributed by atoms with Crippen LogP contribution in [0, 0.1) is 5.82 Å². The smallest absolute Gasteiger partial charge is 0.270 e. The number of rotatable bonds is 5. The van der Waals surface area contributed by atoms with Crippen LogP contribution in [0.15, 0.2) is 60.7 Å². The van der Waals surface area contributed by atoms with Gasteiger partial charge in [-0.3, -0.25) is 4.79 Å². The van der Waals surface area contributed by atoms with Gasteiger partial charge in [-0.2, -0.15) is 5.10 Å². The first-order valence-corrected chi connectivity index (χ1v) is 7.88. The summed E-state index contributed by atoms with van der Waals surface area (Å²) in [5.74, 6) is -0.526. The molecule has 24 heavy (non-hydrogen) atoms. The van der Waals surface area contributed by atoms with Crippen molar-refractivity contribution in [3.05, 3.63) is 72.2 Å². The van der Waals surface area contributed by atoms with E-state index < -0.39 is 0 Å². The summed E-state index contributed by atoms with van der Waals surface area (Å²) in [6.07, 6.45) is 0.849. The van der Waals surface area contributed by atoms with Crippen LogP contribution >= 0.6 is 0 Å². The zero-order valence-corrected chi connectivity index (χ0v) is 13.4. The highest BCUT2D eigenvalue weighted by atomic mass is 19.1. The van der Waals surface area contributed by atoms with Crippen molar-refractivity contribution in [1.29, 1.82) is 0 Å². The van der Waals surface area contributed by atoms with Crippen molar-refractivity contribution in [2.75, 3.05) is 6.54 Å². The van der Waals surface area contributed by atoms with Crippen molar-refractivity contribution in [2.45, 2.75) is 13.3 Å². The molecule has 0 atom stereocenters. The molecule has 0 radical (unpaired) electrons. The molecular formula is C19H18FN3O. The Kier molecular flexibility index (Phi) is 4.70. The lowest BCUT2D eigenvalue weighted by atomic mass is 10.1. The predicted molar refractivity (Wildman–Crippen MR) is 91.6 cm³/mol. The first-order chi connectivity index (χ1) is 11.7. The number of carbonyl (C=O) groups is 1. The average molecular weight is 323 g/mol. The summed E-state index contributed by atoms with van der Waals surface area (Å²) in [5, 5.41) is 7.40. The van der Waals surface area contributed by atoms with E-state index in [-0.39, 0.29) is 11.7 Å². The van der Waals surface area contributed by atoms with Gasteiger partial charge in [0.2, 0.25) is 0 Å². The van der Waals surface area contributed by atoms with E-state index in [0.29, 0.717) is 23.6 Å². The molecule has 5 heteroatoms. The number of amides is 1. The van der Waals surface area contributed by atoms with Crippen molar-refractivity contribution < 1.29 is 9.18 Å². The zero-order chi connectivity index (χ0) is 16.9. The zero-order valence-electron chi connectivity index (χ0n) is 13.4. The molecule has 3 rings (SSSR count).